The molecule has 2 aliphatic rings. The summed E-state index contributed by atoms with van der Waals surface area (Å²) in [6.07, 6.45) is 4.47. The van der Waals surface area contributed by atoms with Crippen LogP contribution in [0.1, 0.15) is 33.7 Å². The van der Waals surface area contributed by atoms with E-state index in [-0.39, 0.29) is 22.8 Å². The summed E-state index contributed by atoms with van der Waals surface area (Å²) >= 11 is 0. The van der Waals surface area contributed by atoms with E-state index >= 15 is 0 Å². The van der Waals surface area contributed by atoms with E-state index in [9.17, 15) is 9.59 Å². The standard InChI is InChI=1S/C13H15N3O2/c1-14-11(17)8-2-3-10(15-7-8)16-12(18)9-6-13(9)4-5-13/h2-3,7,9H,4-6H2,1H3,(H,14,17)(H,15,16,18)/t9-/m1/s1/i1D3. The van der Waals surface area contributed by atoms with Gasteiger partial charge in [-0.25, -0.2) is 4.98 Å². The minimum Gasteiger partial charge on any atom is -0.355 e. The van der Waals surface area contributed by atoms with E-state index in [4.69, 9.17) is 4.11 Å². The minimum absolute atomic E-state index is 0.0281. The van der Waals surface area contributed by atoms with Crippen LogP contribution in [0.25, 0.3) is 0 Å². The lowest BCUT2D eigenvalue weighted by Gasteiger charge is -2.04. The molecule has 5 heteroatoms. The molecule has 1 atom stereocenters. The maximum atomic E-state index is 11.9. The van der Waals surface area contributed by atoms with Gasteiger partial charge in [-0.05, 0) is 36.8 Å². The molecule has 2 saturated carbocycles. The van der Waals surface area contributed by atoms with Gasteiger partial charge < -0.3 is 10.6 Å². The summed E-state index contributed by atoms with van der Waals surface area (Å²) in [6.45, 7) is -2.53. The van der Waals surface area contributed by atoms with E-state index in [2.05, 4.69) is 10.3 Å². The van der Waals surface area contributed by atoms with Crippen molar-refractivity contribution in [1.82, 2.24) is 10.3 Å². The lowest BCUT2D eigenvalue weighted by atomic mass is 10.2. The zero-order valence-corrected chi connectivity index (χ0v) is 9.69. The molecule has 2 amide bonds. The van der Waals surface area contributed by atoms with Crippen molar-refractivity contribution in [1.29, 1.82) is 0 Å². The van der Waals surface area contributed by atoms with Gasteiger partial charge in [-0.3, -0.25) is 9.59 Å². The van der Waals surface area contributed by atoms with Gasteiger partial charge in [0.15, 0.2) is 0 Å². The van der Waals surface area contributed by atoms with Crippen LogP contribution < -0.4 is 10.6 Å². The maximum Gasteiger partial charge on any atom is 0.252 e. The molecule has 0 unspecified atom stereocenters. The highest BCUT2D eigenvalue weighted by Crippen LogP contribution is 2.70. The van der Waals surface area contributed by atoms with Crippen LogP contribution in [0.2, 0.25) is 0 Å². The second-order valence-electron chi connectivity index (χ2n) is 4.99. The van der Waals surface area contributed by atoms with Crippen molar-refractivity contribution in [2.45, 2.75) is 19.3 Å². The summed E-state index contributed by atoms with van der Waals surface area (Å²) in [5.41, 5.74) is 0.415. The highest BCUT2D eigenvalue weighted by atomic mass is 16.2. The second kappa shape index (κ2) is 3.80. The van der Waals surface area contributed by atoms with Crippen LogP contribution in [-0.4, -0.2) is 23.8 Å². The van der Waals surface area contributed by atoms with E-state index in [1.165, 1.54) is 18.3 Å². The van der Waals surface area contributed by atoms with E-state index < -0.39 is 12.9 Å². The summed E-state index contributed by atoms with van der Waals surface area (Å²) < 4.78 is 20.9. The van der Waals surface area contributed by atoms with Gasteiger partial charge in [-0.2, -0.15) is 0 Å². The molecular formula is C13H15N3O2. The summed E-state index contributed by atoms with van der Waals surface area (Å²) in [5.74, 6) is -0.287. The Morgan fingerprint density at radius 3 is 2.89 bits per heavy atom. The number of amides is 2. The van der Waals surface area contributed by atoms with Crippen LogP contribution in [0.4, 0.5) is 5.82 Å². The van der Waals surface area contributed by atoms with Gasteiger partial charge >= 0.3 is 0 Å². The van der Waals surface area contributed by atoms with Crippen LogP contribution in [0.3, 0.4) is 0 Å². The SMILES string of the molecule is [2H]C([2H])([2H])NC(=O)c1ccc(NC(=O)[C@H]2CC23CC3)nc1. The van der Waals surface area contributed by atoms with E-state index in [1.807, 2.05) is 5.32 Å². The molecule has 5 nitrogen and oxygen atoms in total. The van der Waals surface area contributed by atoms with Crippen molar-refractivity contribution >= 4 is 17.6 Å². The summed E-state index contributed by atoms with van der Waals surface area (Å²) in [6, 6.07) is 2.93. The fraction of sp³-hybridized carbons (Fsp3) is 0.462. The number of rotatable bonds is 3. The fourth-order valence-electron chi connectivity index (χ4n) is 2.32. The number of hydrogen-bond acceptors (Lipinski definition) is 3. The van der Waals surface area contributed by atoms with Crippen molar-refractivity contribution in [3.63, 3.8) is 0 Å². The normalized spacial score (nSPS) is 25.6. The third-order valence-corrected chi connectivity index (χ3v) is 3.79. The summed E-state index contributed by atoms with van der Waals surface area (Å²) in [5, 5.41) is 4.60. The average Bonchev–Trinajstić information content (AvgIpc) is 3.29. The Kier molecular flexibility index (Phi) is 1.74. The number of anilines is 1. The minimum atomic E-state index is -2.53. The third kappa shape index (κ3) is 1.85. The Morgan fingerprint density at radius 1 is 1.50 bits per heavy atom. The summed E-state index contributed by atoms with van der Waals surface area (Å²) in [4.78, 5) is 27.5. The molecule has 0 saturated heterocycles. The quantitative estimate of drug-likeness (QED) is 0.843. The number of nitrogens with one attached hydrogen (secondary N) is 2. The van der Waals surface area contributed by atoms with Crippen molar-refractivity contribution < 1.29 is 13.7 Å². The summed E-state index contributed by atoms with van der Waals surface area (Å²) in [7, 11) is 0. The monoisotopic (exact) mass is 248 g/mol. The average molecular weight is 248 g/mol. The second-order valence-corrected chi connectivity index (χ2v) is 4.99. The molecule has 1 spiro atoms. The van der Waals surface area contributed by atoms with E-state index in [0.717, 1.165) is 19.3 Å². The number of pyridine rings is 1. The number of hydrogen-bond donors (Lipinski definition) is 2. The van der Waals surface area contributed by atoms with Gasteiger partial charge in [0.05, 0.1) is 5.56 Å². The molecule has 0 aromatic carbocycles. The number of carbonyl (C=O) groups excluding carboxylic acids is 2. The first-order valence-corrected chi connectivity index (χ1v) is 5.89. The highest BCUT2D eigenvalue weighted by Gasteiger charge is 2.65. The van der Waals surface area contributed by atoms with Crippen LogP contribution in [0, 0.1) is 11.3 Å². The van der Waals surface area contributed by atoms with Crippen molar-refractivity contribution in [3.8, 4) is 0 Å². The fourth-order valence-corrected chi connectivity index (χ4v) is 2.32. The molecule has 1 heterocycles. The number of carbonyl (C=O) groups is 2. The van der Waals surface area contributed by atoms with Crippen LogP contribution in [0.5, 0.6) is 0 Å². The van der Waals surface area contributed by atoms with Gasteiger partial charge in [-0.1, -0.05) is 0 Å². The first kappa shape index (κ1) is 8.24. The molecule has 94 valence electrons. The molecule has 0 radical (unpaired) electrons. The highest BCUT2D eigenvalue weighted by molar-refractivity contribution is 5.96. The molecule has 1 aromatic rings. The third-order valence-electron chi connectivity index (χ3n) is 3.79. The van der Waals surface area contributed by atoms with Crippen molar-refractivity contribution in [2.75, 3.05) is 12.3 Å². The maximum absolute atomic E-state index is 11.9. The number of aromatic nitrogens is 1. The topological polar surface area (TPSA) is 71.1 Å². The lowest BCUT2D eigenvalue weighted by molar-refractivity contribution is -0.117. The first-order chi connectivity index (χ1) is 9.79. The first-order valence-electron chi connectivity index (χ1n) is 7.39. The predicted octanol–water partition coefficient (Wildman–Crippen LogP) is 1.18. The Bertz CT molecular complexity index is 594. The van der Waals surface area contributed by atoms with Gasteiger partial charge in [0, 0.05) is 23.2 Å². The largest absolute Gasteiger partial charge is 0.355 e. The molecule has 3 rings (SSSR count). The van der Waals surface area contributed by atoms with Crippen LogP contribution in [0.15, 0.2) is 18.3 Å². The Hall–Kier alpha value is -1.91. The van der Waals surface area contributed by atoms with Gasteiger partial charge in [0.25, 0.3) is 5.91 Å². The molecule has 2 aliphatic carbocycles. The zero-order valence-electron chi connectivity index (χ0n) is 12.7. The Morgan fingerprint density at radius 2 is 2.33 bits per heavy atom. The van der Waals surface area contributed by atoms with Gasteiger partial charge in [-0.15, -0.1) is 0 Å². The van der Waals surface area contributed by atoms with E-state index in [1.54, 1.807) is 0 Å². The molecule has 2 N–H and O–H groups in total. The smallest absolute Gasteiger partial charge is 0.252 e. The van der Waals surface area contributed by atoms with Crippen LogP contribution in [-0.2, 0) is 4.79 Å². The van der Waals surface area contributed by atoms with E-state index in [0.29, 0.717) is 5.82 Å². The van der Waals surface area contributed by atoms with Crippen molar-refractivity contribution in [3.05, 3.63) is 23.9 Å². The Labute approximate surface area is 109 Å². The molecular weight excluding hydrogens is 230 g/mol. The predicted molar refractivity (Wildman–Crippen MR) is 66.0 cm³/mol. The molecule has 1 aromatic heterocycles. The molecule has 2 fully saturated rings. The zero-order chi connectivity index (χ0) is 15.3. The van der Waals surface area contributed by atoms with Gasteiger partial charge in [0.2, 0.25) is 5.91 Å². The number of nitrogens with zero attached hydrogens (tertiary/aromatic N) is 1. The molecule has 0 aliphatic heterocycles. The van der Waals surface area contributed by atoms with Gasteiger partial charge in [0.1, 0.15) is 5.82 Å². The lowest BCUT2D eigenvalue weighted by Crippen LogP contribution is -2.19. The Balaban J connectivity index is 1.59. The molecule has 18 heavy (non-hydrogen) atoms. The van der Waals surface area contributed by atoms with Crippen molar-refractivity contribution in [2.24, 2.45) is 11.3 Å². The molecule has 0 bridgehead atoms. The van der Waals surface area contributed by atoms with Crippen LogP contribution >= 0.6 is 0 Å².